The maximum absolute atomic E-state index is 5.76. The van der Waals surface area contributed by atoms with Crippen molar-refractivity contribution in [3.8, 4) is 0 Å². The molecule has 0 atom stereocenters. The molecule has 0 aromatic carbocycles. The zero-order valence-electron chi connectivity index (χ0n) is 8.08. The predicted octanol–water partition coefficient (Wildman–Crippen LogP) is 3.48. The second kappa shape index (κ2) is 5.23. The van der Waals surface area contributed by atoms with E-state index in [2.05, 4.69) is 12.2 Å². The Labute approximate surface area is 90.5 Å². The number of rotatable bonds is 6. The molecule has 76 valence electrons. The van der Waals surface area contributed by atoms with Crippen molar-refractivity contribution in [3.05, 3.63) is 10.6 Å². The van der Waals surface area contributed by atoms with Crippen LogP contribution < -0.4 is 5.32 Å². The van der Waals surface area contributed by atoms with Crippen LogP contribution in [0.4, 0.5) is 0 Å². The first-order valence-electron chi connectivity index (χ1n) is 4.88. The summed E-state index contributed by atoms with van der Waals surface area (Å²) in [6.45, 7) is 4.03. The van der Waals surface area contributed by atoms with Gasteiger partial charge in [0.05, 0.1) is 0 Å². The van der Waals surface area contributed by atoms with Gasteiger partial charge < -0.3 is 5.32 Å². The van der Waals surface area contributed by atoms with E-state index in [1.165, 1.54) is 31.2 Å². The van der Waals surface area contributed by atoms with E-state index in [1.54, 1.807) is 0 Å². The van der Waals surface area contributed by atoms with Gasteiger partial charge in [-0.2, -0.15) is 0 Å². The second-order valence-electron chi connectivity index (χ2n) is 3.91. The van der Waals surface area contributed by atoms with E-state index in [-0.39, 0.29) is 0 Å². The summed E-state index contributed by atoms with van der Waals surface area (Å²) in [5.74, 6) is 0. The lowest BCUT2D eigenvalue weighted by Gasteiger charge is -2.14. The summed E-state index contributed by atoms with van der Waals surface area (Å²) in [4.78, 5) is 0. The molecule has 0 bridgehead atoms. The Morgan fingerprint density at radius 3 is 2.69 bits per heavy atom. The van der Waals surface area contributed by atoms with Gasteiger partial charge in [-0.15, -0.1) is 0 Å². The highest BCUT2D eigenvalue weighted by Crippen LogP contribution is 2.48. The van der Waals surface area contributed by atoms with Crippen LogP contribution in [0.2, 0.25) is 0 Å². The minimum atomic E-state index is 0.595. The third-order valence-electron chi connectivity index (χ3n) is 2.65. The maximum atomic E-state index is 5.76. The van der Waals surface area contributed by atoms with E-state index in [1.807, 2.05) is 0 Å². The highest BCUT2D eigenvalue weighted by Gasteiger charge is 2.40. The van der Waals surface area contributed by atoms with Crippen LogP contribution >= 0.6 is 23.2 Å². The van der Waals surface area contributed by atoms with Crippen molar-refractivity contribution >= 4 is 23.2 Å². The molecule has 0 unspecified atom stereocenters. The van der Waals surface area contributed by atoms with E-state index >= 15 is 0 Å². The van der Waals surface area contributed by atoms with Gasteiger partial charge in [-0.1, -0.05) is 36.5 Å². The van der Waals surface area contributed by atoms with Crippen molar-refractivity contribution in [1.82, 2.24) is 5.32 Å². The lowest BCUT2D eigenvalue weighted by atomic mass is 10.0. The first-order chi connectivity index (χ1) is 6.22. The van der Waals surface area contributed by atoms with Crippen LogP contribution in [-0.2, 0) is 0 Å². The van der Waals surface area contributed by atoms with Crippen molar-refractivity contribution in [2.24, 2.45) is 5.41 Å². The third-order valence-corrected chi connectivity index (χ3v) is 3.27. The Morgan fingerprint density at radius 1 is 1.54 bits per heavy atom. The second-order valence-corrected chi connectivity index (χ2v) is 4.61. The molecule has 1 aliphatic carbocycles. The van der Waals surface area contributed by atoms with Gasteiger partial charge in [0.15, 0.2) is 0 Å². The Kier molecular flexibility index (Phi) is 4.57. The van der Waals surface area contributed by atoms with E-state index in [0.29, 0.717) is 17.0 Å². The summed E-state index contributed by atoms with van der Waals surface area (Å²) in [5.41, 5.74) is 2.02. The first kappa shape index (κ1) is 11.4. The normalized spacial score (nSPS) is 20.4. The summed E-state index contributed by atoms with van der Waals surface area (Å²) in [5, 5.41) is 4.03. The van der Waals surface area contributed by atoms with Crippen LogP contribution in [0.25, 0.3) is 0 Å². The molecule has 1 rings (SSSR count). The number of halogens is 2. The van der Waals surface area contributed by atoms with Crippen LogP contribution in [0.15, 0.2) is 10.6 Å². The number of hydrogen-bond donors (Lipinski definition) is 1. The van der Waals surface area contributed by atoms with Gasteiger partial charge in [0.2, 0.25) is 0 Å². The van der Waals surface area contributed by atoms with Crippen molar-refractivity contribution in [1.29, 1.82) is 0 Å². The van der Waals surface area contributed by atoms with Crippen LogP contribution in [0.1, 0.15) is 32.6 Å². The van der Waals surface area contributed by atoms with Crippen LogP contribution in [-0.4, -0.2) is 13.1 Å². The van der Waals surface area contributed by atoms with E-state index in [4.69, 9.17) is 23.2 Å². The van der Waals surface area contributed by atoms with Gasteiger partial charge in [0.1, 0.15) is 0 Å². The molecule has 0 heterocycles. The summed E-state index contributed by atoms with van der Waals surface area (Å²) in [7, 11) is 0. The van der Waals surface area contributed by atoms with Gasteiger partial charge in [-0.3, -0.25) is 0 Å². The monoisotopic (exact) mass is 221 g/mol. The summed E-state index contributed by atoms with van der Waals surface area (Å²) in [6, 6.07) is 0. The van der Waals surface area contributed by atoms with E-state index in [9.17, 15) is 0 Å². The van der Waals surface area contributed by atoms with Gasteiger partial charge in [0.25, 0.3) is 0 Å². The average Bonchev–Trinajstić information content (AvgIpc) is 2.86. The lowest BCUT2D eigenvalue weighted by Crippen LogP contribution is -2.25. The number of nitrogens with one attached hydrogen (secondary N) is 1. The molecular weight excluding hydrogens is 205 g/mol. The molecular formula is C10H17Cl2N. The van der Waals surface area contributed by atoms with Gasteiger partial charge in [-0.25, -0.2) is 0 Å². The fourth-order valence-electron chi connectivity index (χ4n) is 1.71. The summed E-state index contributed by atoms with van der Waals surface area (Å²) in [6.07, 6.45) is 5.36. The quantitative estimate of drug-likeness (QED) is 0.725. The molecule has 3 heteroatoms. The average molecular weight is 222 g/mol. The molecule has 0 amide bonds. The molecule has 1 N–H and O–H groups in total. The van der Waals surface area contributed by atoms with Crippen LogP contribution in [0, 0.1) is 5.41 Å². The van der Waals surface area contributed by atoms with Crippen molar-refractivity contribution in [2.75, 3.05) is 13.1 Å². The molecule has 0 aromatic heterocycles. The van der Waals surface area contributed by atoms with Crippen LogP contribution in [0.5, 0.6) is 0 Å². The van der Waals surface area contributed by atoms with Gasteiger partial charge in [0, 0.05) is 23.7 Å². The molecule has 0 aromatic rings. The maximum Gasteiger partial charge on any atom is 0.0431 e. The predicted molar refractivity (Wildman–Crippen MR) is 59.2 cm³/mol. The molecule has 0 spiro atoms. The van der Waals surface area contributed by atoms with Crippen LogP contribution in [0.3, 0.4) is 0 Å². The fraction of sp³-hybridized carbons (Fsp3) is 0.800. The van der Waals surface area contributed by atoms with Crippen molar-refractivity contribution < 1.29 is 0 Å². The molecule has 1 saturated carbocycles. The topological polar surface area (TPSA) is 12.0 Å². The molecule has 1 fully saturated rings. The number of hydrogen-bond acceptors (Lipinski definition) is 1. The van der Waals surface area contributed by atoms with Crippen molar-refractivity contribution in [2.45, 2.75) is 32.6 Å². The Bertz CT molecular complexity index is 185. The van der Waals surface area contributed by atoms with Crippen molar-refractivity contribution in [3.63, 3.8) is 0 Å². The zero-order chi connectivity index (χ0) is 9.73. The lowest BCUT2D eigenvalue weighted by molar-refractivity contribution is 0.430. The molecule has 0 aliphatic heterocycles. The Morgan fingerprint density at radius 2 is 2.23 bits per heavy atom. The van der Waals surface area contributed by atoms with E-state index < -0.39 is 0 Å². The Balaban J connectivity index is 2.12. The zero-order valence-corrected chi connectivity index (χ0v) is 9.59. The van der Waals surface area contributed by atoms with E-state index in [0.717, 1.165) is 6.54 Å². The molecule has 13 heavy (non-hydrogen) atoms. The molecule has 0 saturated heterocycles. The SMILES string of the molecule is CCCC1(CNCC(Cl)=CCl)CC1. The molecule has 1 nitrogen and oxygen atoms in total. The minimum Gasteiger partial charge on any atom is -0.311 e. The summed E-state index contributed by atoms with van der Waals surface area (Å²) < 4.78 is 0. The summed E-state index contributed by atoms with van der Waals surface area (Å²) >= 11 is 11.2. The highest BCUT2D eigenvalue weighted by atomic mass is 35.5. The van der Waals surface area contributed by atoms with Gasteiger partial charge >= 0.3 is 0 Å². The minimum absolute atomic E-state index is 0.595. The largest absolute Gasteiger partial charge is 0.311 e. The highest BCUT2D eigenvalue weighted by molar-refractivity contribution is 6.36. The third kappa shape index (κ3) is 3.88. The Hall–Kier alpha value is 0.280. The fourth-order valence-corrected chi connectivity index (χ4v) is 1.88. The molecule has 1 aliphatic rings. The van der Waals surface area contributed by atoms with Gasteiger partial charge in [-0.05, 0) is 24.7 Å². The first-order valence-corrected chi connectivity index (χ1v) is 5.69. The molecule has 0 radical (unpaired) electrons. The smallest absolute Gasteiger partial charge is 0.0431 e. The standard InChI is InChI=1S/C10H17Cl2N/c1-2-3-10(4-5-10)8-13-7-9(12)6-11/h6,13H,2-5,7-8H2,1H3.